The summed E-state index contributed by atoms with van der Waals surface area (Å²) < 4.78 is 27.6. The molecular weight excluding hydrogens is 396 g/mol. The molecule has 160 valence electrons. The maximum absolute atomic E-state index is 13.0. The lowest BCUT2D eigenvalue weighted by Gasteiger charge is -2.28. The average molecular weight is 425 g/mol. The number of sulfonamides is 1. The van der Waals surface area contributed by atoms with E-state index in [4.69, 9.17) is 0 Å². The molecule has 1 aromatic rings. The summed E-state index contributed by atoms with van der Waals surface area (Å²) in [5, 5.41) is 13.6. The van der Waals surface area contributed by atoms with Gasteiger partial charge in [0.25, 0.3) is 0 Å². The van der Waals surface area contributed by atoms with E-state index in [1.54, 1.807) is 12.1 Å². The predicted octanol–water partition coefficient (Wildman–Crippen LogP) is 2.31. The average Bonchev–Trinajstić information content (AvgIpc) is 3.52. The van der Waals surface area contributed by atoms with Crippen molar-refractivity contribution in [1.82, 2.24) is 4.31 Å². The maximum atomic E-state index is 13.0. The molecular formula is C19H28N4O5S. The van der Waals surface area contributed by atoms with Crippen molar-refractivity contribution in [2.75, 3.05) is 36.4 Å². The van der Waals surface area contributed by atoms with Crippen molar-refractivity contribution in [3.63, 3.8) is 0 Å². The minimum Gasteiger partial charge on any atom is -0.370 e. The van der Waals surface area contributed by atoms with Crippen LogP contribution in [0.3, 0.4) is 0 Å². The highest BCUT2D eigenvalue weighted by Gasteiger charge is 2.53. The van der Waals surface area contributed by atoms with E-state index in [1.807, 2.05) is 18.7 Å². The molecule has 9 nitrogen and oxygen atoms in total. The van der Waals surface area contributed by atoms with Gasteiger partial charge in [-0.15, -0.1) is 0 Å². The molecule has 0 bridgehead atoms. The van der Waals surface area contributed by atoms with Gasteiger partial charge in [0.05, 0.1) is 16.3 Å². The fourth-order valence-electron chi connectivity index (χ4n) is 3.79. The summed E-state index contributed by atoms with van der Waals surface area (Å²) in [7, 11) is -3.65. The molecule has 3 rings (SSSR count). The first-order chi connectivity index (χ1) is 13.8. The summed E-state index contributed by atoms with van der Waals surface area (Å²) in [5.74, 6) is -1.11. The van der Waals surface area contributed by atoms with Gasteiger partial charge in [-0.25, -0.2) is 8.42 Å². The van der Waals surface area contributed by atoms with E-state index in [1.165, 1.54) is 10.4 Å². The normalized spacial score (nSPS) is 22.1. The largest absolute Gasteiger partial charge is 0.370 e. The number of amides is 1. The molecule has 1 saturated carbocycles. The molecule has 10 heteroatoms. The number of anilines is 2. The molecule has 1 aromatic carbocycles. The first kappa shape index (κ1) is 21.5. The Hall–Kier alpha value is -2.20. The second-order valence-electron chi connectivity index (χ2n) is 7.50. The molecule has 1 saturated heterocycles. The summed E-state index contributed by atoms with van der Waals surface area (Å²) in [6.45, 7) is 6.29. The van der Waals surface area contributed by atoms with Gasteiger partial charge in [-0.3, -0.25) is 14.9 Å². The molecule has 2 fully saturated rings. The van der Waals surface area contributed by atoms with Crippen LogP contribution in [0, 0.1) is 16.0 Å². The van der Waals surface area contributed by atoms with Gasteiger partial charge in [-0.2, -0.15) is 4.31 Å². The second kappa shape index (κ2) is 8.66. The Morgan fingerprint density at radius 3 is 2.45 bits per heavy atom. The number of benzene rings is 1. The molecule has 1 aliphatic carbocycles. The van der Waals surface area contributed by atoms with E-state index >= 15 is 0 Å². The Bertz CT molecular complexity index is 879. The molecule has 1 N–H and O–H groups in total. The van der Waals surface area contributed by atoms with E-state index in [9.17, 15) is 23.3 Å². The SMILES string of the molecule is CCN(CC)c1ccc(S(=O)(=O)N2CCCCC2)cc1NC(=O)[C@@H]1C[C@@H]1[N+](=O)[O-]. The Morgan fingerprint density at radius 1 is 1.24 bits per heavy atom. The summed E-state index contributed by atoms with van der Waals surface area (Å²) >= 11 is 0. The molecule has 1 heterocycles. The number of hydrogen-bond donors (Lipinski definition) is 1. The summed E-state index contributed by atoms with van der Waals surface area (Å²) in [5.41, 5.74) is 1.09. The number of carbonyl (C=O) groups is 1. The Balaban J connectivity index is 1.91. The number of hydrogen-bond acceptors (Lipinski definition) is 6. The quantitative estimate of drug-likeness (QED) is 0.506. The number of carbonyl (C=O) groups excluding carboxylic acids is 1. The van der Waals surface area contributed by atoms with Gasteiger partial charge in [-0.1, -0.05) is 6.42 Å². The summed E-state index contributed by atoms with van der Waals surface area (Å²) in [6, 6.07) is 3.91. The van der Waals surface area contributed by atoms with Gasteiger partial charge in [0.2, 0.25) is 22.0 Å². The Morgan fingerprint density at radius 2 is 1.90 bits per heavy atom. The van der Waals surface area contributed by atoms with E-state index < -0.39 is 32.8 Å². The number of nitro groups is 1. The third-order valence-electron chi connectivity index (χ3n) is 5.65. The number of rotatable bonds is 8. The van der Waals surface area contributed by atoms with E-state index in [0.29, 0.717) is 37.6 Å². The Kier molecular flexibility index (Phi) is 6.42. The second-order valence-corrected chi connectivity index (χ2v) is 9.44. The minimum atomic E-state index is -3.65. The molecule has 0 spiro atoms. The lowest BCUT2D eigenvalue weighted by Crippen LogP contribution is -2.35. The van der Waals surface area contributed by atoms with E-state index in [-0.39, 0.29) is 11.3 Å². The fraction of sp³-hybridized carbons (Fsp3) is 0.632. The topological polar surface area (TPSA) is 113 Å². The Labute approximate surface area is 171 Å². The first-order valence-electron chi connectivity index (χ1n) is 10.1. The van der Waals surface area contributed by atoms with Crippen molar-refractivity contribution in [3.05, 3.63) is 28.3 Å². The third kappa shape index (κ3) is 4.53. The van der Waals surface area contributed by atoms with Crippen LogP contribution < -0.4 is 10.2 Å². The zero-order valence-electron chi connectivity index (χ0n) is 16.8. The van der Waals surface area contributed by atoms with Crippen LogP contribution >= 0.6 is 0 Å². The van der Waals surface area contributed by atoms with Crippen LogP contribution in [-0.2, 0) is 14.8 Å². The molecule has 1 amide bonds. The molecule has 2 atom stereocenters. The number of nitrogens with zero attached hydrogens (tertiary/aromatic N) is 3. The van der Waals surface area contributed by atoms with Gasteiger partial charge in [-0.05, 0) is 44.9 Å². The zero-order valence-corrected chi connectivity index (χ0v) is 17.7. The van der Waals surface area contributed by atoms with Crippen LogP contribution in [0.2, 0.25) is 0 Å². The molecule has 0 unspecified atom stereocenters. The number of piperidine rings is 1. The minimum absolute atomic E-state index is 0.132. The van der Waals surface area contributed by atoms with Crippen LogP contribution in [0.5, 0.6) is 0 Å². The van der Waals surface area contributed by atoms with Gasteiger partial charge in [0, 0.05) is 37.5 Å². The summed E-state index contributed by atoms with van der Waals surface area (Å²) in [6.07, 6.45) is 2.91. The lowest BCUT2D eigenvalue weighted by atomic mass is 10.2. The lowest BCUT2D eigenvalue weighted by molar-refractivity contribution is -0.497. The van der Waals surface area contributed by atoms with Crippen LogP contribution in [-0.4, -0.2) is 55.8 Å². The van der Waals surface area contributed by atoms with Crippen molar-refractivity contribution in [1.29, 1.82) is 0 Å². The third-order valence-corrected chi connectivity index (χ3v) is 7.54. The van der Waals surface area contributed by atoms with Crippen LogP contribution in [0.4, 0.5) is 11.4 Å². The van der Waals surface area contributed by atoms with E-state index in [2.05, 4.69) is 5.32 Å². The van der Waals surface area contributed by atoms with Crippen molar-refractivity contribution in [2.45, 2.75) is 50.5 Å². The van der Waals surface area contributed by atoms with Gasteiger partial charge < -0.3 is 10.2 Å². The molecule has 29 heavy (non-hydrogen) atoms. The fourth-order valence-corrected chi connectivity index (χ4v) is 5.34. The molecule has 1 aliphatic heterocycles. The smallest absolute Gasteiger partial charge is 0.243 e. The number of nitrogens with one attached hydrogen (secondary N) is 1. The molecule has 0 aromatic heterocycles. The predicted molar refractivity (Wildman–Crippen MR) is 110 cm³/mol. The van der Waals surface area contributed by atoms with Crippen LogP contribution in [0.25, 0.3) is 0 Å². The molecule has 2 aliphatic rings. The van der Waals surface area contributed by atoms with Gasteiger partial charge in [0.1, 0.15) is 5.92 Å². The van der Waals surface area contributed by atoms with Crippen molar-refractivity contribution in [2.24, 2.45) is 5.92 Å². The highest BCUT2D eigenvalue weighted by atomic mass is 32.2. The highest BCUT2D eigenvalue weighted by Crippen LogP contribution is 2.36. The monoisotopic (exact) mass is 424 g/mol. The van der Waals surface area contributed by atoms with Crippen molar-refractivity contribution in [3.8, 4) is 0 Å². The van der Waals surface area contributed by atoms with Gasteiger partial charge >= 0.3 is 0 Å². The van der Waals surface area contributed by atoms with E-state index in [0.717, 1.165) is 19.3 Å². The standard InChI is InChI=1S/C19H28N4O5S/c1-3-21(4-2)17-9-8-14(29(27,28)22-10-6-5-7-11-22)12-16(17)20-19(24)15-13-18(15)23(25)26/h8-9,12,15,18H,3-7,10-11,13H2,1-2H3,(H,20,24)/t15-,18+/m1/s1. The maximum Gasteiger partial charge on any atom is 0.243 e. The summed E-state index contributed by atoms with van der Waals surface area (Å²) in [4.78, 5) is 25.1. The zero-order chi connectivity index (χ0) is 21.2. The van der Waals surface area contributed by atoms with Gasteiger partial charge in [0.15, 0.2) is 0 Å². The van der Waals surface area contributed by atoms with Crippen molar-refractivity contribution >= 4 is 27.3 Å². The van der Waals surface area contributed by atoms with Crippen molar-refractivity contribution < 1.29 is 18.1 Å². The highest BCUT2D eigenvalue weighted by molar-refractivity contribution is 7.89. The molecule has 0 radical (unpaired) electrons. The van der Waals surface area contributed by atoms with Crippen LogP contribution in [0.15, 0.2) is 23.1 Å². The van der Waals surface area contributed by atoms with Crippen LogP contribution in [0.1, 0.15) is 39.5 Å². The first-order valence-corrected chi connectivity index (χ1v) is 11.6.